The summed E-state index contributed by atoms with van der Waals surface area (Å²) in [7, 11) is 0. The van der Waals surface area contributed by atoms with Crippen molar-refractivity contribution < 1.29 is 0 Å². The molecule has 0 atom stereocenters. The fraction of sp³-hybridized carbons (Fsp3) is 0.529. The molecule has 3 heteroatoms. The summed E-state index contributed by atoms with van der Waals surface area (Å²) >= 11 is 6.04. The highest BCUT2D eigenvalue weighted by atomic mass is 35.5. The number of nitrogens with two attached hydrogens (primary N) is 1. The van der Waals surface area contributed by atoms with Crippen molar-refractivity contribution in [1.82, 2.24) is 4.68 Å². The largest absolute Gasteiger partial charge is 0.339 e. The first kappa shape index (κ1) is 16.9. The Morgan fingerprint density at radius 2 is 1.80 bits per heavy atom. The molecule has 0 aliphatic carbocycles. The number of hydrogen-bond acceptors (Lipinski definition) is 1. The van der Waals surface area contributed by atoms with Gasteiger partial charge in [0.1, 0.15) is 0 Å². The predicted octanol–water partition coefficient (Wildman–Crippen LogP) is 5.36. The Morgan fingerprint density at radius 3 is 2.30 bits per heavy atom. The highest BCUT2D eigenvalue weighted by molar-refractivity contribution is 6.31. The summed E-state index contributed by atoms with van der Waals surface area (Å²) in [6.07, 6.45) is 3.07. The van der Waals surface area contributed by atoms with Crippen molar-refractivity contribution in [2.45, 2.75) is 53.4 Å². The van der Waals surface area contributed by atoms with Crippen molar-refractivity contribution in [3.8, 4) is 0 Å². The van der Waals surface area contributed by atoms with Crippen LogP contribution >= 0.6 is 11.6 Å². The molecular formula is C17H27ClN2. The second-order valence-corrected chi connectivity index (χ2v) is 7.02. The Kier molecular flexibility index (Phi) is 5.52. The molecule has 0 radical (unpaired) electrons. The summed E-state index contributed by atoms with van der Waals surface area (Å²) in [5, 5.41) is 1.91. The van der Waals surface area contributed by atoms with E-state index in [-0.39, 0.29) is 5.41 Å². The molecule has 20 heavy (non-hydrogen) atoms. The van der Waals surface area contributed by atoms with E-state index in [2.05, 4.69) is 41.5 Å². The van der Waals surface area contributed by atoms with E-state index in [9.17, 15) is 0 Å². The number of nitrogen functional groups attached to an aromatic ring is 1. The van der Waals surface area contributed by atoms with Gasteiger partial charge in [0.05, 0.1) is 5.52 Å². The van der Waals surface area contributed by atoms with Gasteiger partial charge in [-0.3, -0.25) is 4.68 Å². The molecule has 2 N–H and O–H groups in total. The van der Waals surface area contributed by atoms with E-state index in [1.54, 1.807) is 4.68 Å². The normalized spacial score (nSPS) is 11.6. The SMILES string of the molecule is CC(C)C.CCC(C)(C)c1cn(N)c2ccc(Cl)cc12. The molecule has 0 bridgehead atoms. The van der Waals surface area contributed by atoms with Gasteiger partial charge >= 0.3 is 0 Å². The quantitative estimate of drug-likeness (QED) is 0.743. The zero-order chi connectivity index (χ0) is 15.5. The molecule has 0 aliphatic rings. The molecule has 2 rings (SSSR count). The van der Waals surface area contributed by atoms with E-state index in [1.807, 2.05) is 24.4 Å². The molecular weight excluding hydrogens is 268 g/mol. The van der Waals surface area contributed by atoms with E-state index >= 15 is 0 Å². The first-order chi connectivity index (χ1) is 9.19. The molecule has 0 fully saturated rings. The number of benzene rings is 1. The summed E-state index contributed by atoms with van der Waals surface area (Å²) in [5.41, 5.74) is 2.41. The smallest absolute Gasteiger partial charge is 0.0694 e. The van der Waals surface area contributed by atoms with E-state index in [0.29, 0.717) is 0 Å². The van der Waals surface area contributed by atoms with Gasteiger partial charge < -0.3 is 5.84 Å². The van der Waals surface area contributed by atoms with Crippen LogP contribution in [-0.4, -0.2) is 4.68 Å². The highest BCUT2D eigenvalue weighted by Crippen LogP contribution is 2.34. The molecule has 0 unspecified atom stereocenters. The van der Waals surface area contributed by atoms with Crippen LogP contribution < -0.4 is 5.84 Å². The van der Waals surface area contributed by atoms with Gasteiger partial charge in [-0.1, -0.05) is 53.1 Å². The third-order valence-corrected chi connectivity index (χ3v) is 3.64. The van der Waals surface area contributed by atoms with Crippen LogP contribution in [-0.2, 0) is 5.41 Å². The summed E-state index contributed by atoms with van der Waals surface area (Å²) in [6.45, 7) is 13.1. The molecule has 0 spiro atoms. The molecule has 0 amide bonds. The third kappa shape index (κ3) is 3.92. The fourth-order valence-electron chi connectivity index (χ4n) is 1.96. The Labute approximate surface area is 127 Å². The zero-order valence-electron chi connectivity index (χ0n) is 13.5. The van der Waals surface area contributed by atoms with Gasteiger partial charge in [0.25, 0.3) is 0 Å². The third-order valence-electron chi connectivity index (χ3n) is 3.41. The summed E-state index contributed by atoms with van der Waals surface area (Å²) in [5.74, 6) is 6.79. The predicted molar refractivity (Wildman–Crippen MR) is 90.9 cm³/mol. The zero-order valence-corrected chi connectivity index (χ0v) is 14.3. The second kappa shape index (κ2) is 6.53. The lowest BCUT2D eigenvalue weighted by atomic mass is 9.82. The van der Waals surface area contributed by atoms with E-state index in [1.165, 1.54) is 5.56 Å². The van der Waals surface area contributed by atoms with Crippen molar-refractivity contribution in [3.63, 3.8) is 0 Å². The minimum Gasteiger partial charge on any atom is -0.339 e. The average Bonchev–Trinajstić information content (AvgIpc) is 2.66. The number of nitrogens with zero attached hydrogens (tertiary/aromatic N) is 1. The van der Waals surface area contributed by atoms with Crippen molar-refractivity contribution in [2.75, 3.05) is 5.84 Å². The van der Waals surface area contributed by atoms with Crippen LogP contribution in [0.15, 0.2) is 24.4 Å². The van der Waals surface area contributed by atoms with Crippen LogP contribution in [0.4, 0.5) is 0 Å². The Morgan fingerprint density at radius 1 is 1.25 bits per heavy atom. The van der Waals surface area contributed by atoms with Crippen LogP contribution in [0.25, 0.3) is 10.9 Å². The Hall–Kier alpha value is -1.15. The van der Waals surface area contributed by atoms with Crippen LogP contribution in [0.2, 0.25) is 5.02 Å². The van der Waals surface area contributed by atoms with Crippen LogP contribution in [0.1, 0.15) is 53.5 Å². The van der Waals surface area contributed by atoms with E-state index in [4.69, 9.17) is 17.4 Å². The summed E-state index contributed by atoms with van der Waals surface area (Å²) in [6, 6.07) is 5.83. The lowest BCUT2D eigenvalue weighted by molar-refractivity contribution is 0.509. The maximum atomic E-state index is 6.04. The van der Waals surface area contributed by atoms with Gasteiger partial charge in [0.2, 0.25) is 0 Å². The molecule has 0 aliphatic heterocycles. The highest BCUT2D eigenvalue weighted by Gasteiger charge is 2.23. The van der Waals surface area contributed by atoms with Crippen LogP contribution in [0, 0.1) is 5.92 Å². The van der Waals surface area contributed by atoms with E-state index in [0.717, 1.165) is 28.3 Å². The maximum Gasteiger partial charge on any atom is 0.0694 e. The molecule has 112 valence electrons. The van der Waals surface area contributed by atoms with Gasteiger partial charge in [-0.15, -0.1) is 0 Å². The van der Waals surface area contributed by atoms with Gasteiger partial charge in [-0.25, -0.2) is 0 Å². The van der Waals surface area contributed by atoms with Crippen molar-refractivity contribution >= 4 is 22.5 Å². The minimum absolute atomic E-state index is 0.119. The van der Waals surface area contributed by atoms with Gasteiger partial charge in [0.15, 0.2) is 0 Å². The Bertz CT molecular complexity index is 565. The molecule has 1 heterocycles. The minimum atomic E-state index is 0.119. The van der Waals surface area contributed by atoms with Crippen LogP contribution in [0.5, 0.6) is 0 Å². The van der Waals surface area contributed by atoms with Gasteiger partial charge in [-0.05, 0) is 41.5 Å². The second-order valence-electron chi connectivity index (χ2n) is 6.58. The fourth-order valence-corrected chi connectivity index (χ4v) is 2.13. The van der Waals surface area contributed by atoms with E-state index < -0.39 is 0 Å². The van der Waals surface area contributed by atoms with Crippen molar-refractivity contribution in [3.05, 3.63) is 35.0 Å². The number of rotatable bonds is 2. The molecule has 0 saturated carbocycles. The monoisotopic (exact) mass is 294 g/mol. The van der Waals surface area contributed by atoms with Crippen molar-refractivity contribution in [1.29, 1.82) is 0 Å². The standard InChI is InChI=1S/C13H17ClN2.C4H10/c1-4-13(2,3)11-8-16(15)12-6-5-9(14)7-10(11)12;1-4(2)3/h5-8H,4,15H2,1-3H3;4H,1-3H3. The topological polar surface area (TPSA) is 30.9 Å². The number of halogens is 1. The molecule has 1 aromatic heterocycles. The lowest BCUT2D eigenvalue weighted by Gasteiger charge is -2.22. The number of fused-ring (bicyclic) bond motifs is 1. The maximum absolute atomic E-state index is 6.04. The molecule has 0 saturated heterocycles. The number of aromatic nitrogens is 1. The lowest BCUT2D eigenvalue weighted by Crippen LogP contribution is -2.15. The summed E-state index contributed by atoms with van der Waals surface area (Å²) < 4.78 is 1.68. The van der Waals surface area contributed by atoms with Crippen LogP contribution in [0.3, 0.4) is 0 Å². The molecule has 2 nitrogen and oxygen atoms in total. The molecule has 2 aromatic rings. The first-order valence-electron chi connectivity index (χ1n) is 7.25. The van der Waals surface area contributed by atoms with Gasteiger partial charge in [0, 0.05) is 16.6 Å². The summed E-state index contributed by atoms with van der Waals surface area (Å²) in [4.78, 5) is 0. The first-order valence-corrected chi connectivity index (χ1v) is 7.63. The van der Waals surface area contributed by atoms with Gasteiger partial charge in [-0.2, -0.15) is 0 Å². The molecule has 1 aromatic carbocycles. The Balaban J connectivity index is 0.000000444. The average molecular weight is 295 g/mol. The van der Waals surface area contributed by atoms with Crippen molar-refractivity contribution in [2.24, 2.45) is 5.92 Å². The number of hydrogen-bond donors (Lipinski definition) is 1.